The zero-order valence-corrected chi connectivity index (χ0v) is 24.5. The van der Waals surface area contributed by atoms with E-state index in [4.69, 9.17) is 14.2 Å². The minimum Gasteiger partial charge on any atom is -0.493 e. The number of aryl methyl sites for hydroxylation is 2. The Morgan fingerprint density at radius 2 is 1.74 bits per heavy atom. The van der Waals surface area contributed by atoms with Gasteiger partial charge in [0.25, 0.3) is 0 Å². The topological polar surface area (TPSA) is 97.3 Å². The van der Waals surface area contributed by atoms with Crippen LogP contribution in [0.1, 0.15) is 60.9 Å². The lowest BCUT2D eigenvalue weighted by Gasteiger charge is -2.27. The fourth-order valence-electron chi connectivity index (χ4n) is 6.36. The summed E-state index contributed by atoms with van der Waals surface area (Å²) in [4.78, 5) is 28.4. The van der Waals surface area contributed by atoms with E-state index in [1.165, 1.54) is 18.9 Å². The van der Waals surface area contributed by atoms with E-state index in [9.17, 15) is 19.1 Å². The summed E-state index contributed by atoms with van der Waals surface area (Å²) in [6.45, 7) is 4.88. The summed E-state index contributed by atoms with van der Waals surface area (Å²) in [5, 5.41) is 13.7. The number of benzene rings is 3. The van der Waals surface area contributed by atoms with Gasteiger partial charge in [-0.3, -0.25) is 14.5 Å². The molecule has 3 aromatic carbocycles. The van der Waals surface area contributed by atoms with Gasteiger partial charge >= 0.3 is 5.97 Å². The standard InChI is InChI=1S/C34H37FN2O6/c1-3-21-6-5-7-22(4-2)31(21)36-29(38)17-37-16-26(24-14-27(35)33-28(15-24)42-19-43-33)30(34(39)40)32(37)23-10-12-25(13-11-23)41-18-20-8-9-20/h5-7,10-15,20,26,30,32H,3-4,8-9,16-19H2,1-2H3,(H,36,38)(H,39,40)/t26-,30?,32+/m1/s1. The Balaban J connectivity index is 1.32. The average molecular weight is 589 g/mol. The maximum atomic E-state index is 15.0. The molecule has 2 fully saturated rings. The highest BCUT2D eigenvalue weighted by Crippen LogP contribution is 2.48. The van der Waals surface area contributed by atoms with Gasteiger partial charge < -0.3 is 24.6 Å². The number of carboxylic acids is 1. The molecule has 43 heavy (non-hydrogen) atoms. The smallest absolute Gasteiger partial charge is 0.309 e. The van der Waals surface area contributed by atoms with Crippen molar-refractivity contribution in [2.45, 2.75) is 51.5 Å². The van der Waals surface area contributed by atoms with Crippen molar-refractivity contribution in [3.63, 3.8) is 0 Å². The molecule has 9 heteroatoms. The number of amides is 1. The van der Waals surface area contributed by atoms with Crippen LogP contribution in [0.3, 0.4) is 0 Å². The highest BCUT2D eigenvalue weighted by molar-refractivity contribution is 5.94. The fourth-order valence-corrected chi connectivity index (χ4v) is 6.36. The molecule has 226 valence electrons. The number of halogens is 1. The second-order valence-corrected chi connectivity index (χ2v) is 11.6. The van der Waals surface area contributed by atoms with Crippen LogP contribution >= 0.6 is 0 Å². The first-order valence-electron chi connectivity index (χ1n) is 15.1. The first kappa shape index (κ1) is 29.0. The number of para-hydroxylation sites is 1. The number of fused-ring (bicyclic) bond motifs is 1. The maximum absolute atomic E-state index is 15.0. The van der Waals surface area contributed by atoms with Crippen molar-refractivity contribution in [2.24, 2.45) is 11.8 Å². The number of nitrogens with one attached hydrogen (secondary N) is 1. The summed E-state index contributed by atoms with van der Waals surface area (Å²) in [6, 6.07) is 15.8. The van der Waals surface area contributed by atoms with Crippen LogP contribution in [-0.2, 0) is 22.4 Å². The Morgan fingerprint density at radius 3 is 2.40 bits per heavy atom. The van der Waals surface area contributed by atoms with Gasteiger partial charge in [-0.2, -0.15) is 0 Å². The van der Waals surface area contributed by atoms with E-state index >= 15 is 0 Å². The number of likely N-dealkylation sites (tertiary alicyclic amines) is 1. The molecule has 3 aliphatic rings. The molecule has 2 aliphatic heterocycles. The van der Waals surface area contributed by atoms with Gasteiger partial charge in [0.1, 0.15) is 5.75 Å². The van der Waals surface area contributed by atoms with E-state index in [0.717, 1.165) is 41.0 Å². The zero-order valence-electron chi connectivity index (χ0n) is 24.5. The third-order valence-electron chi connectivity index (χ3n) is 8.78. The highest BCUT2D eigenvalue weighted by Gasteiger charge is 2.48. The van der Waals surface area contributed by atoms with Crippen molar-refractivity contribution in [2.75, 3.05) is 31.8 Å². The van der Waals surface area contributed by atoms with Crippen molar-refractivity contribution in [3.8, 4) is 17.2 Å². The molecular formula is C34H37FN2O6. The van der Waals surface area contributed by atoms with Gasteiger partial charge in [-0.1, -0.05) is 44.2 Å². The van der Waals surface area contributed by atoms with Crippen LogP contribution in [0.25, 0.3) is 0 Å². The molecule has 3 aromatic rings. The molecule has 0 radical (unpaired) electrons. The van der Waals surface area contributed by atoms with E-state index in [2.05, 4.69) is 5.32 Å². The largest absolute Gasteiger partial charge is 0.493 e. The van der Waals surface area contributed by atoms with Gasteiger partial charge in [-0.15, -0.1) is 0 Å². The Labute approximate surface area is 250 Å². The van der Waals surface area contributed by atoms with Crippen LogP contribution in [0, 0.1) is 17.7 Å². The Bertz CT molecular complexity index is 1480. The van der Waals surface area contributed by atoms with Crippen molar-refractivity contribution < 1.29 is 33.3 Å². The third kappa shape index (κ3) is 6.04. The number of rotatable bonds is 11. The lowest BCUT2D eigenvalue weighted by Crippen LogP contribution is -2.35. The zero-order chi connectivity index (χ0) is 30.1. The second kappa shape index (κ2) is 12.2. The van der Waals surface area contributed by atoms with E-state index < -0.39 is 29.7 Å². The number of anilines is 1. The summed E-state index contributed by atoms with van der Waals surface area (Å²) in [5.74, 6) is -1.77. The summed E-state index contributed by atoms with van der Waals surface area (Å²) in [7, 11) is 0. The molecule has 1 unspecified atom stereocenters. The monoisotopic (exact) mass is 588 g/mol. The number of carbonyl (C=O) groups excluding carboxylic acids is 1. The van der Waals surface area contributed by atoms with E-state index in [0.29, 0.717) is 18.1 Å². The molecule has 1 aliphatic carbocycles. The number of ether oxygens (including phenoxy) is 3. The first-order chi connectivity index (χ1) is 20.9. The molecule has 0 spiro atoms. The number of carbonyl (C=O) groups is 2. The molecule has 1 saturated carbocycles. The lowest BCUT2D eigenvalue weighted by molar-refractivity contribution is -0.143. The fraction of sp³-hybridized carbons (Fsp3) is 0.412. The van der Waals surface area contributed by atoms with Crippen molar-refractivity contribution in [3.05, 3.63) is 82.7 Å². The summed E-state index contributed by atoms with van der Waals surface area (Å²) in [5.41, 5.74) is 4.16. The lowest BCUT2D eigenvalue weighted by atomic mass is 9.82. The first-order valence-corrected chi connectivity index (χ1v) is 15.1. The van der Waals surface area contributed by atoms with Crippen LogP contribution in [-0.4, -0.2) is 48.4 Å². The number of carboxylic acid groups (broad SMARTS) is 1. The average Bonchev–Trinajstić information content (AvgIpc) is 3.57. The molecule has 2 heterocycles. The van der Waals surface area contributed by atoms with Crippen molar-refractivity contribution >= 4 is 17.6 Å². The molecule has 1 amide bonds. The summed E-state index contributed by atoms with van der Waals surface area (Å²) >= 11 is 0. The SMILES string of the molecule is CCc1cccc(CC)c1NC(=O)CN1C[C@H](c2cc(F)c3c(c2)OCO3)C(C(=O)O)[C@@H]1c1ccc(OCC2CC2)cc1. The predicted octanol–water partition coefficient (Wildman–Crippen LogP) is 5.95. The number of hydrogen-bond donors (Lipinski definition) is 2. The predicted molar refractivity (Wildman–Crippen MR) is 159 cm³/mol. The van der Waals surface area contributed by atoms with Crippen LogP contribution in [0.2, 0.25) is 0 Å². The number of aliphatic carboxylic acids is 1. The van der Waals surface area contributed by atoms with Crippen molar-refractivity contribution in [1.29, 1.82) is 0 Å². The van der Waals surface area contributed by atoms with Gasteiger partial charge in [0, 0.05) is 24.2 Å². The van der Waals surface area contributed by atoms with E-state index in [-0.39, 0.29) is 37.3 Å². The molecular weight excluding hydrogens is 551 g/mol. The van der Waals surface area contributed by atoms with Crippen LogP contribution in [0.4, 0.5) is 10.1 Å². The summed E-state index contributed by atoms with van der Waals surface area (Å²) in [6.07, 6.45) is 3.90. The molecule has 6 rings (SSSR count). The number of hydrogen-bond acceptors (Lipinski definition) is 6. The van der Waals surface area contributed by atoms with Gasteiger partial charge in [-0.05, 0) is 78.1 Å². The molecule has 0 bridgehead atoms. The Morgan fingerprint density at radius 1 is 1.02 bits per heavy atom. The molecule has 0 aromatic heterocycles. The molecule has 1 saturated heterocycles. The second-order valence-electron chi connectivity index (χ2n) is 11.6. The summed E-state index contributed by atoms with van der Waals surface area (Å²) < 4.78 is 31.6. The normalized spacial score (nSPS) is 21.1. The molecule has 3 atom stereocenters. The highest BCUT2D eigenvalue weighted by atomic mass is 19.1. The molecule has 8 nitrogen and oxygen atoms in total. The van der Waals surface area contributed by atoms with Crippen LogP contribution in [0.5, 0.6) is 17.2 Å². The quantitative estimate of drug-likeness (QED) is 0.286. The van der Waals surface area contributed by atoms with Gasteiger partial charge in [0.15, 0.2) is 11.6 Å². The number of nitrogens with zero attached hydrogens (tertiary/aromatic N) is 1. The van der Waals surface area contributed by atoms with Gasteiger partial charge in [0.05, 0.1) is 19.1 Å². The van der Waals surface area contributed by atoms with Crippen LogP contribution < -0.4 is 19.5 Å². The minimum atomic E-state index is -1.02. The Hall–Kier alpha value is -4.11. The third-order valence-corrected chi connectivity index (χ3v) is 8.78. The van der Waals surface area contributed by atoms with Gasteiger partial charge in [0.2, 0.25) is 18.4 Å². The van der Waals surface area contributed by atoms with E-state index in [1.807, 2.05) is 61.2 Å². The molecule has 2 N–H and O–H groups in total. The van der Waals surface area contributed by atoms with E-state index in [1.54, 1.807) is 6.07 Å². The maximum Gasteiger partial charge on any atom is 0.309 e. The van der Waals surface area contributed by atoms with Crippen LogP contribution in [0.15, 0.2) is 54.6 Å². The van der Waals surface area contributed by atoms with Crippen molar-refractivity contribution in [1.82, 2.24) is 4.90 Å². The minimum absolute atomic E-state index is 0.0287. The van der Waals surface area contributed by atoms with Gasteiger partial charge in [-0.25, -0.2) is 4.39 Å². The Kier molecular flexibility index (Phi) is 8.25.